The van der Waals surface area contributed by atoms with Crippen molar-refractivity contribution in [3.63, 3.8) is 0 Å². The molecule has 1 rings (SSSR count). The molecule has 0 saturated heterocycles. The predicted octanol–water partition coefficient (Wildman–Crippen LogP) is 2.35. The summed E-state index contributed by atoms with van der Waals surface area (Å²) in [6, 6.07) is 5.00. The summed E-state index contributed by atoms with van der Waals surface area (Å²) in [7, 11) is 1.86. The minimum atomic E-state index is -0.131. The highest BCUT2D eigenvalue weighted by Crippen LogP contribution is 2.15. The van der Waals surface area contributed by atoms with E-state index in [1.807, 2.05) is 13.1 Å². The standard InChI is InChI=1S/C9H11BrFN/c1-12-5-4-7-6-8(10)2-3-9(7)11/h2-3,6,12H,4-5H2,1H3. The molecule has 0 atom stereocenters. The summed E-state index contributed by atoms with van der Waals surface area (Å²) in [5, 5.41) is 2.98. The van der Waals surface area contributed by atoms with E-state index in [4.69, 9.17) is 0 Å². The van der Waals surface area contributed by atoms with Crippen molar-refractivity contribution in [3.05, 3.63) is 34.1 Å². The van der Waals surface area contributed by atoms with E-state index >= 15 is 0 Å². The van der Waals surface area contributed by atoms with Crippen LogP contribution in [0.2, 0.25) is 0 Å². The highest BCUT2D eigenvalue weighted by molar-refractivity contribution is 9.10. The molecule has 0 unspecified atom stereocenters. The van der Waals surface area contributed by atoms with Crippen molar-refractivity contribution >= 4 is 15.9 Å². The van der Waals surface area contributed by atoms with Crippen LogP contribution >= 0.6 is 15.9 Å². The van der Waals surface area contributed by atoms with Gasteiger partial charge in [-0.2, -0.15) is 0 Å². The van der Waals surface area contributed by atoms with Crippen LogP contribution in [0.25, 0.3) is 0 Å². The van der Waals surface area contributed by atoms with E-state index in [0.29, 0.717) is 0 Å². The van der Waals surface area contributed by atoms with Crippen LogP contribution < -0.4 is 5.32 Å². The van der Waals surface area contributed by atoms with Crippen LogP contribution in [0.3, 0.4) is 0 Å². The Kier molecular flexibility index (Phi) is 3.69. The third-order valence-corrected chi connectivity index (χ3v) is 2.15. The second-order valence-corrected chi connectivity index (χ2v) is 3.50. The van der Waals surface area contributed by atoms with Gasteiger partial charge in [-0.05, 0) is 43.8 Å². The molecule has 0 spiro atoms. The van der Waals surface area contributed by atoms with Crippen LogP contribution in [0.1, 0.15) is 5.56 Å². The number of hydrogen-bond donors (Lipinski definition) is 1. The lowest BCUT2D eigenvalue weighted by Crippen LogP contribution is -2.11. The Bertz CT molecular complexity index is 263. The average Bonchev–Trinajstić information content (AvgIpc) is 2.07. The quantitative estimate of drug-likeness (QED) is 0.843. The number of benzene rings is 1. The smallest absolute Gasteiger partial charge is 0.126 e. The molecule has 0 aliphatic rings. The lowest BCUT2D eigenvalue weighted by molar-refractivity contribution is 0.604. The summed E-state index contributed by atoms with van der Waals surface area (Å²) in [6.45, 7) is 0.799. The van der Waals surface area contributed by atoms with Gasteiger partial charge in [0, 0.05) is 4.47 Å². The van der Waals surface area contributed by atoms with Crippen LogP contribution in [0.5, 0.6) is 0 Å². The molecule has 0 amide bonds. The van der Waals surface area contributed by atoms with Crippen molar-refractivity contribution in [1.82, 2.24) is 5.32 Å². The van der Waals surface area contributed by atoms with Crippen molar-refractivity contribution in [2.45, 2.75) is 6.42 Å². The van der Waals surface area contributed by atoms with Gasteiger partial charge in [0.2, 0.25) is 0 Å². The normalized spacial score (nSPS) is 10.2. The average molecular weight is 232 g/mol. The molecule has 1 nitrogen and oxygen atoms in total. The second kappa shape index (κ2) is 4.58. The van der Waals surface area contributed by atoms with E-state index in [0.717, 1.165) is 23.0 Å². The molecular formula is C9H11BrFN. The Morgan fingerprint density at radius 2 is 2.25 bits per heavy atom. The molecule has 0 aliphatic heterocycles. The van der Waals surface area contributed by atoms with Crippen molar-refractivity contribution < 1.29 is 4.39 Å². The first-order chi connectivity index (χ1) is 5.74. The van der Waals surface area contributed by atoms with Crippen molar-refractivity contribution in [1.29, 1.82) is 0 Å². The summed E-state index contributed by atoms with van der Waals surface area (Å²) in [5.74, 6) is -0.131. The molecule has 0 radical (unpaired) electrons. The van der Waals surface area contributed by atoms with Crippen LogP contribution in [0.15, 0.2) is 22.7 Å². The van der Waals surface area contributed by atoms with Gasteiger partial charge in [-0.15, -0.1) is 0 Å². The van der Waals surface area contributed by atoms with Gasteiger partial charge in [0.15, 0.2) is 0 Å². The van der Waals surface area contributed by atoms with Crippen molar-refractivity contribution in [2.75, 3.05) is 13.6 Å². The highest BCUT2D eigenvalue weighted by atomic mass is 79.9. The summed E-state index contributed by atoms with van der Waals surface area (Å²) in [6.07, 6.45) is 0.724. The molecule has 0 saturated carbocycles. The summed E-state index contributed by atoms with van der Waals surface area (Å²) < 4.78 is 14.0. The van der Waals surface area contributed by atoms with Gasteiger partial charge in [-0.1, -0.05) is 15.9 Å². The molecule has 0 fully saturated rings. The maximum absolute atomic E-state index is 13.0. The van der Waals surface area contributed by atoms with E-state index in [2.05, 4.69) is 21.2 Å². The highest BCUT2D eigenvalue weighted by Gasteiger charge is 2.00. The van der Waals surface area contributed by atoms with E-state index in [9.17, 15) is 4.39 Å². The maximum atomic E-state index is 13.0. The molecule has 1 aromatic carbocycles. The minimum Gasteiger partial charge on any atom is -0.319 e. The number of hydrogen-bond acceptors (Lipinski definition) is 1. The first-order valence-electron chi connectivity index (χ1n) is 3.82. The first kappa shape index (κ1) is 9.68. The Balaban J connectivity index is 2.75. The van der Waals surface area contributed by atoms with Crippen LogP contribution in [0, 0.1) is 5.82 Å². The van der Waals surface area contributed by atoms with Crippen LogP contribution in [-0.2, 0) is 6.42 Å². The number of halogens is 2. The SMILES string of the molecule is CNCCc1cc(Br)ccc1F. The molecule has 12 heavy (non-hydrogen) atoms. The van der Waals surface area contributed by atoms with Crippen LogP contribution in [0.4, 0.5) is 4.39 Å². The molecule has 0 bridgehead atoms. The Labute approximate surface area is 80.1 Å². The van der Waals surface area contributed by atoms with Gasteiger partial charge < -0.3 is 5.32 Å². The first-order valence-corrected chi connectivity index (χ1v) is 4.62. The molecule has 3 heteroatoms. The summed E-state index contributed by atoms with van der Waals surface area (Å²) >= 11 is 3.30. The number of nitrogens with one attached hydrogen (secondary N) is 1. The van der Waals surface area contributed by atoms with Gasteiger partial charge in [-0.25, -0.2) is 4.39 Å². The Hall–Kier alpha value is -0.410. The minimum absolute atomic E-state index is 0.131. The van der Waals surface area contributed by atoms with Gasteiger partial charge >= 0.3 is 0 Å². The Morgan fingerprint density at radius 3 is 2.92 bits per heavy atom. The van der Waals surface area contributed by atoms with E-state index in [1.165, 1.54) is 6.07 Å². The molecule has 66 valence electrons. The van der Waals surface area contributed by atoms with Crippen LogP contribution in [-0.4, -0.2) is 13.6 Å². The second-order valence-electron chi connectivity index (χ2n) is 2.59. The third-order valence-electron chi connectivity index (χ3n) is 1.65. The molecule has 0 aromatic heterocycles. The molecular weight excluding hydrogens is 221 g/mol. The summed E-state index contributed by atoms with van der Waals surface area (Å²) in [4.78, 5) is 0. The van der Waals surface area contributed by atoms with Gasteiger partial charge in [-0.3, -0.25) is 0 Å². The molecule has 0 aliphatic carbocycles. The zero-order valence-electron chi connectivity index (χ0n) is 6.90. The lowest BCUT2D eigenvalue weighted by Gasteiger charge is -2.02. The monoisotopic (exact) mass is 231 g/mol. The van der Waals surface area contributed by atoms with E-state index in [1.54, 1.807) is 6.07 Å². The fourth-order valence-corrected chi connectivity index (χ4v) is 1.40. The molecule has 0 heterocycles. The maximum Gasteiger partial charge on any atom is 0.126 e. The fraction of sp³-hybridized carbons (Fsp3) is 0.333. The zero-order valence-corrected chi connectivity index (χ0v) is 8.49. The van der Waals surface area contributed by atoms with Gasteiger partial charge in [0.05, 0.1) is 0 Å². The van der Waals surface area contributed by atoms with Crippen molar-refractivity contribution in [3.8, 4) is 0 Å². The topological polar surface area (TPSA) is 12.0 Å². The zero-order chi connectivity index (χ0) is 8.97. The third kappa shape index (κ3) is 2.57. The molecule has 1 aromatic rings. The van der Waals surface area contributed by atoms with Gasteiger partial charge in [0.1, 0.15) is 5.82 Å². The largest absolute Gasteiger partial charge is 0.319 e. The predicted molar refractivity (Wildman–Crippen MR) is 51.7 cm³/mol. The summed E-state index contributed by atoms with van der Waals surface area (Å²) in [5.41, 5.74) is 0.749. The fourth-order valence-electron chi connectivity index (χ4n) is 0.995. The van der Waals surface area contributed by atoms with Crippen molar-refractivity contribution in [2.24, 2.45) is 0 Å². The Morgan fingerprint density at radius 1 is 1.50 bits per heavy atom. The lowest BCUT2D eigenvalue weighted by atomic mass is 10.1. The number of rotatable bonds is 3. The number of likely N-dealkylation sites (N-methyl/N-ethyl adjacent to an activating group) is 1. The van der Waals surface area contributed by atoms with E-state index < -0.39 is 0 Å². The molecule has 1 N–H and O–H groups in total. The van der Waals surface area contributed by atoms with Gasteiger partial charge in [0.25, 0.3) is 0 Å². The van der Waals surface area contributed by atoms with E-state index in [-0.39, 0.29) is 5.82 Å².